The number of carbonyl (C=O) groups excluding carboxylic acids is 2. The molecule has 0 radical (unpaired) electrons. The van der Waals surface area contributed by atoms with Gasteiger partial charge in [-0.25, -0.2) is 10.2 Å². The molecule has 0 aliphatic heterocycles. The molecule has 0 atom stereocenters. The van der Waals surface area contributed by atoms with E-state index in [0.717, 1.165) is 6.07 Å². The molecule has 3 aromatic carbocycles. The number of benzene rings is 3. The van der Waals surface area contributed by atoms with Crippen molar-refractivity contribution in [3.63, 3.8) is 0 Å². The summed E-state index contributed by atoms with van der Waals surface area (Å²) < 4.78 is 5.32. The molecule has 29 heavy (non-hydrogen) atoms. The molecule has 0 fully saturated rings. The number of amides is 1. The summed E-state index contributed by atoms with van der Waals surface area (Å²) in [6, 6.07) is 16.5. The Kier molecular flexibility index (Phi) is 6.11. The maximum Gasteiger partial charge on any atom is 0.343 e. The van der Waals surface area contributed by atoms with Gasteiger partial charge in [0.05, 0.1) is 17.3 Å². The number of phenolic OH excluding ortho intramolecular Hbond substituents is 2. The van der Waals surface area contributed by atoms with E-state index in [9.17, 15) is 19.8 Å². The third kappa shape index (κ3) is 5.33. The number of esters is 1. The van der Waals surface area contributed by atoms with E-state index in [4.69, 9.17) is 16.3 Å². The number of halogens is 1. The molecule has 8 heteroatoms. The SMILES string of the molecule is O=C(Oc1cccc(/C=N/NC(=O)c2ccc(O)cc2O)c1)c1ccc(Cl)cc1. The molecule has 3 rings (SSSR count). The van der Waals surface area contributed by atoms with Crippen LogP contribution in [0.5, 0.6) is 17.2 Å². The minimum Gasteiger partial charge on any atom is -0.508 e. The topological polar surface area (TPSA) is 108 Å². The number of carbonyl (C=O) groups is 2. The molecule has 3 aromatic rings. The van der Waals surface area contributed by atoms with Crippen molar-refractivity contribution in [2.75, 3.05) is 0 Å². The summed E-state index contributed by atoms with van der Waals surface area (Å²) in [7, 11) is 0. The first-order chi connectivity index (χ1) is 13.9. The monoisotopic (exact) mass is 410 g/mol. The zero-order valence-electron chi connectivity index (χ0n) is 14.9. The number of hydrogen-bond acceptors (Lipinski definition) is 6. The Morgan fingerprint density at radius 3 is 2.48 bits per heavy atom. The average Bonchev–Trinajstić information content (AvgIpc) is 2.68. The van der Waals surface area contributed by atoms with E-state index in [1.165, 1.54) is 18.3 Å². The highest BCUT2D eigenvalue weighted by atomic mass is 35.5. The van der Waals surface area contributed by atoms with Gasteiger partial charge in [0.2, 0.25) is 0 Å². The zero-order valence-corrected chi connectivity index (χ0v) is 15.6. The van der Waals surface area contributed by atoms with Crippen molar-refractivity contribution >= 4 is 29.7 Å². The van der Waals surface area contributed by atoms with Gasteiger partial charge in [0, 0.05) is 11.1 Å². The van der Waals surface area contributed by atoms with Crippen LogP contribution in [0.3, 0.4) is 0 Å². The quantitative estimate of drug-likeness (QED) is 0.257. The van der Waals surface area contributed by atoms with Crippen LogP contribution in [0.2, 0.25) is 5.02 Å². The number of phenols is 2. The summed E-state index contributed by atoms with van der Waals surface area (Å²) in [4.78, 5) is 24.2. The van der Waals surface area contributed by atoms with Crippen LogP contribution in [0.1, 0.15) is 26.3 Å². The van der Waals surface area contributed by atoms with Crippen molar-refractivity contribution in [1.82, 2.24) is 5.43 Å². The normalized spacial score (nSPS) is 10.7. The minimum absolute atomic E-state index is 0.0365. The summed E-state index contributed by atoms with van der Waals surface area (Å²) in [6.07, 6.45) is 1.36. The molecule has 3 N–H and O–H groups in total. The van der Waals surface area contributed by atoms with E-state index in [1.54, 1.807) is 48.5 Å². The second-order valence-electron chi connectivity index (χ2n) is 5.87. The summed E-state index contributed by atoms with van der Waals surface area (Å²) in [5, 5.41) is 23.3. The lowest BCUT2D eigenvalue weighted by Crippen LogP contribution is -2.17. The lowest BCUT2D eigenvalue weighted by molar-refractivity contribution is 0.0734. The fourth-order valence-corrected chi connectivity index (χ4v) is 2.47. The van der Waals surface area contributed by atoms with Gasteiger partial charge in [-0.3, -0.25) is 4.79 Å². The third-order valence-electron chi connectivity index (χ3n) is 3.75. The highest BCUT2D eigenvalue weighted by Gasteiger charge is 2.11. The van der Waals surface area contributed by atoms with Crippen LogP contribution in [0.15, 0.2) is 71.8 Å². The van der Waals surface area contributed by atoms with Crippen LogP contribution in [0.4, 0.5) is 0 Å². The zero-order chi connectivity index (χ0) is 20.8. The van der Waals surface area contributed by atoms with Crippen molar-refractivity contribution in [2.45, 2.75) is 0 Å². The average molecular weight is 411 g/mol. The summed E-state index contributed by atoms with van der Waals surface area (Å²) in [6.45, 7) is 0. The van der Waals surface area contributed by atoms with Gasteiger partial charge in [0.25, 0.3) is 5.91 Å². The molecule has 0 bridgehead atoms. The first-order valence-electron chi connectivity index (χ1n) is 8.35. The van der Waals surface area contributed by atoms with Crippen molar-refractivity contribution in [2.24, 2.45) is 5.10 Å². The number of rotatable bonds is 5. The lowest BCUT2D eigenvalue weighted by atomic mass is 10.2. The van der Waals surface area contributed by atoms with Crippen molar-refractivity contribution in [1.29, 1.82) is 0 Å². The maximum atomic E-state index is 12.2. The Morgan fingerprint density at radius 1 is 1.00 bits per heavy atom. The summed E-state index contributed by atoms with van der Waals surface area (Å²) in [5.74, 6) is -1.41. The number of nitrogens with one attached hydrogen (secondary N) is 1. The van der Waals surface area contributed by atoms with Crippen molar-refractivity contribution in [3.05, 3.63) is 88.4 Å². The molecule has 0 unspecified atom stereocenters. The molecule has 0 aliphatic rings. The third-order valence-corrected chi connectivity index (χ3v) is 4.01. The molecule has 0 aliphatic carbocycles. The van der Waals surface area contributed by atoms with Crippen LogP contribution in [-0.2, 0) is 0 Å². The lowest BCUT2D eigenvalue weighted by Gasteiger charge is -2.05. The predicted octanol–water partition coefficient (Wildman–Crippen LogP) is 3.73. The molecular formula is C21H15ClN2O5. The van der Waals surface area contributed by atoms with Gasteiger partial charge in [0.15, 0.2) is 0 Å². The highest BCUT2D eigenvalue weighted by Crippen LogP contribution is 2.22. The van der Waals surface area contributed by atoms with Gasteiger partial charge < -0.3 is 14.9 Å². The van der Waals surface area contributed by atoms with E-state index in [-0.39, 0.29) is 17.1 Å². The van der Waals surface area contributed by atoms with Crippen LogP contribution in [-0.4, -0.2) is 28.3 Å². The predicted molar refractivity (Wildman–Crippen MR) is 108 cm³/mol. The molecule has 0 saturated carbocycles. The van der Waals surface area contributed by atoms with Gasteiger partial charge >= 0.3 is 5.97 Å². The van der Waals surface area contributed by atoms with Crippen molar-refractivity contribution in [3.8, 4) is 17.2 Å². The number of nitrogens with zero attached hydrogens (tertiary/aromatic N) is 1. The Hall–Kier alpha value is -3.84. The standard InChI is InChI=1S/C21H15ClN2O5/c22-15-6-4-14(5-7-15)21(28)29-17-3-1-2-13(10-17)12-23-24-20(27)18-9-8-16(25)11-19(18)26/h1-12,25-26H,(H,24,27)/b23-12+. The van der Waals surface area contributed by atoms with Crippen LogP contribution in [0.25, 0.3) is 0 Å². The first kappa shape index (κ1) is 19.9. The van der Waals surface area contributed by atoms with Gasteiger partial charge in [-0.15, -0.1) is 0 Å². The van der Waals surface area contributed by atoms with E-state index in [1.807, 2.05) is 0 Å². The number of ether oxygens (including phenoxy) is 1. The minimum atomic E-state index is -0.649. The Labute approximate surface area is 170 Å². The molecule has 0 heterocycles. The Morgan fingerprint density at radius 2 is 1.76 bits per heavy atom. The molecule has 7 nitrogen and oxygen atoms in total. The fraction of sp³-hybridized carbons (Fsp3) is 0. The van der Waals surface area contributed by atoms with Crippen molar-refractivity contribution < 1.29 is 24.5 Å². The van der Waals surface area contributed by atoms with Crippen LogP contribution in [0, 0.1) is 0 Å². The molecule has 0 saturated heterocycles. The number of aromatic hydroxyl groups is 2. The Bertz CT molecular complexity index is 1080. The van der Waals surface area contributed by atoms with E-state index < -0.39 is 11.9 Å². The molecular weight excluding hydrogens is 396 g/mol. The van der Waals surface area contributed by atoms with Crippen LogP contribution < -0.4 is 10.2 Å². The number of hydrazone groups is 1. The van der Waals surface area contributed by atoms with Gasteiger partial charge in [-0.1, -0.05) is 23.7 Å². The van der Waals surface area contributed by atoms with E-state index in [0.29, 0.717) is 21.9 Å². The molecule has 0 aromatic heterocycles. The number of hydrogen-bond donors (Lipinski definition) is 3. The summed E-state index contributed by atoms with van der Waals surface area (Å²) in [5.41, 5.74) is 3.16. The second-order valence-corrected chi connectivity index (χ2v) is 6.31. The smallest absolute Gasteiger partial charge is 0.343 e. The van der Waals surface area contributed by atoms with Gasteiger partial charge in [-0.2, -0.15) is 5.10 Å². The van der Waals surface area contributed by atoms with Crippen LogP contribution >= 0.6 is 11.6 Å². The van der Waals surface area contributed by atoms with E-state index in [2.05, 4.69) is 10.5 Å². The maximum absolute atomic E-state index is 12.2. The first-order valence-corrected chi connectivity index (χ1v) is 8.73. The molecule has 0 spiro atoms. The van der Waals surface area contributed by atoms with E-state index >= 15 is 0 Å². The largest absolute Gasteiger partial charge is 0.508 e. The van der Waals surface area contributed by atoms with Gasteiger partial charge in [0.1, 0.15) is 17.2 Å². The Balaban J connectivity index is 1.64. The molecule has 1 amide bonds. The summed E-state index contributed by atoms with van der Waals surface area (Å²) >= 11 is 5.80. The second kappa shape index (κ2) is 8.90. The highest BCUT2D eigenvalue weighted by molar-refractivity contribution is 6.30. The molecule has 146 valence electrons. The fourth-order valence-electron chi connectivity index (χ4n) is 2.35. The van der Waals surface area contributed by atoms with Gasteiger partial charge in [-0.05, 0) is 54.1 Å².